The Morgan fingerprint density at radius 3 is 2.12 bits per heavy atom. The van der Waals surface area contributed by atoms with E-state index in [0.717, 1.165) is 5.56 Å². The smallest absolute Gasteiger partial charge is 0.408 e. The van der Waals surface area contributed by atoms with Crippen LogP contribution in [0.5, 0.6) is 0 Å². The van der Waals surface area contributed by atoms with Crippen molar-refractivity contribution in [1.82, 2.24) is 5.32 Å². The predicted octanol–water partition coefficient (Wildman–Crippen LogP) is 2.50. The second-order valence-corrected chi connectivity index (χ2v) is 6.59. The van der Waals surface area contributed by atoms with Crippen LogP contribution in [0.4, 0.5) is 4.79 Å². The minimum atomic E-state index is -1.34. The van der Waals surface area contributed by atoms with Gasteiger partial charge in [-0.1, -0.05) is 51.1 Å². The third kappa shape index (κ3) is 6.28. The van der Waals surface area contributed by atoms with Crippen LogP contribution in [0, 0.1) is 11.3 Å². The summed E-state index contributed by atoms with van der Waals surface area (Å²) in [5, 5.41) is 20.7. The van der Waals surface area contributed by atoms with Crippen molar-refractivity contribution >= 4 is 18.0 Å². The largest absolute Gasteiger partial charge is 0.481 e. The molecule has 1 aromatic rings. The molecule has 0 heterocycles. The zero-order valence-electron chi connectivity index (χ0n) is 14.0. The molecule has 2 unspecified atom stereocenters. The molecule has 132 valence electrons. The Hall–Kier alpha value is -2.57. The number of alkyl carbamates (subject to hydrolysis) is 1. The summed E-state index contributed by atoms with van der Waals surface area (Å²) in [7, 11) is 0. The molecule has 0 aliphatic rings. The summed E-state index contributed by atoms with van der Waals surface area (Å²) in [6.07, 6.45) is -1.13. The van der Waals surface area contributed by atoms with Crippen molar-refractivity contribution in [1.29, 1.82) is 0 Å². The van der Waals surface area contributed by atoms with E-state index in [9.17, 15) is 24.6 Å². The SMILES string of the molecule is CC(C)(C)C(CC(NC(=O)OCc1ccccc1)C(=O)O)C(=O)O. The van der Waals surface area contributed by atoms with Crippen LogP contribution >= 0.6 is 0 Å². The van der Waals surface area contributed by atoms with Crippen molar-refractivity contribution < 1.29 is 29.3 Å². The van der Waals surface area contributed by atoms with Crippen LogP contribution in [0.1, 0.15) is 32.8 Å². The fourth-order valence-corrected chi connectivity index (χ4v) is 2.19. The molecule has 0 aliphatic heterocycles. The lowest BCUT2D eigenvalue weighted by atomic mass is 9.77. The van der Waals surface area contributed by atoms with E-state index < -0.39 is 35.4 Å². The average molecular weight is 337 g/mol. The number of hydrogen-bond donors (Lipinski definition) is 3. The van der Waals surface area contributed by atoms with Gasteiger partial charge in [0.05, 0.1) is 5.92 Å². The van der Waals surface area contributed by atoms with Crippen LogP contribution in [0.3, 0.4) is 0 Å². The number of nitrogens with one attached hydrogen (secondary N) is 1. The lowest BCUT2D eigenvalue weighted by Gasteiger charge is -2.29. The van der Waals surface area contributed by atoms with Gasteiger partial charge < -0.3 is 20.3 Å². The van der Waals surface area contributed by atoms with Gasteiger partial charge >= 0.3 is 18.0 Å². The summed E-state index contributed by atoms with van der Waals surface area (Å²) in [6.45, 7) is 5.12. The average Bonchev–Trinajstić information content (AvgIpc) is 2.48. The van der Waals surface area contributed by atoms with Crippen molar-refractivity contribution in [2.75, 3.05) is 0 Å². The van der Waals surface area contributed by atoms with Gasteiger partial charge in [0.2, 0.25) is 0 Å². The molecular formula is C17H23NO6. The molecule has 1 rings (SSSR count). The topological polar surface area (TPSA) is 113 Å². The Bertz CT molecular complexity index is 578. The van der Waals surface area contributed by atoms with E-state index in [-0.39, 0.29) is 13.0 Å². The molecule has 3 N–H and O–H groups in total. The molecule has 7 heteroatoms. The highest BCUT2D eigenvalue weighted by Crippen LogP contribution is 2.30. The molecular weight excluding hydrogens is 314 g/mol. The lowest BCUT2D eigenvalue weighted by molar-refractivity contribution is -0.147. The number of benzene rings is 1. The van der Waals surface area contributed by atoms with Crippen LogP contribution in [-0.4, -0.2) is 34.3 Å². The number of aliphatic carboxylic acids is 2. The van der Waals surface area contributed by atoms with Gasteiger partial charge in [-0.15, -0.1) is 0 Å². The van der Waals surface area contributed by atoms with Gasteiger partial charge in [0.1, 0.15) is 12.6 Å². The second-order valence-electron chi connectivity index (χ2n) is 6.59. The van der Waals surface area contributed by atoms with Gasteiger partial charge in [0.15, 0.2) is 0 Å². The standard InChI is InChI=1S/C17H23NO6/c1-17(2,3)12(14(19)20)9-13(15(21)22)18-16(23)24-10-11-7-5-4-6-8-11/h4-8,12-13H,9-10H2,1-3H3,(H,18,23)(H,19,20)(H,21,22). The maximum Gasteiger partial charge on any atom is 0.408 e. The molecule has 1 aromatic carbocycles. The Morgan fingerprint density at radius 1 is 1.08 bits per heavy atom. The predicted molar refractivity (Wildman–Crippen MR) is 86.4 cm³/mol. The highest BCUT2D eigenvalue weighted by Gasteiger charge is 2.36. The monoisotopic (exact) mass is 337 g/mol. The van der Waals surface area contributed by atoms with Gasteiger partial charge in [-0.2, -0.15) is 0 Å². The van der Waals surface area contributed by atoms with Crippen LogP contribution in [0.25, 0.3) is 0 Å². The van der Waals surface area contributed by atoms with Crippen molar-refractivity contribution in [3.63, 3.8) is 0 Å². The summed E-state index contributed by atoms with van der Waals surface area (Å²) in [4.78, 5) is 34.5. The molecule has 0 aliphatic carbocycles. The molecule has 24 heavy (non-hydrogen) atoms. The Labute approximate surface area is 140 Å². The summed E-state index contributed by atoms with van der Waals surface area (Å²) in [6, 6.07) is 7.59. The Balaban J connectivity index is 2.66. The first-order valence-electron chi connectivity index (χ1n) is 7.54. The maximum atomic E-state index is 11.8. The van der Waals surface area contributed by atoms with Gasteiger partial charge in [0.25, 0.3) is 0 Å². The number of ether oxygens (including phenoxy) is 1. The zero-order valence-corrected chi connectivity index (χ0v) is 14.0. The van der Waals surface area contributed by atoms with Crippen LogP contribution < -0.4 is 5.32 Å². The van der Waals surface area contributed by atoms with E-state index in [2.05, 4.69) is 5.32 Å². The summed E-state index contributed by atoms with van der Waals surface area (Å²) >= 11 is 0. The molecule has 0 fully saturated rings. The van der Waals surface area contributed by atoms with Crippen molar-refractivity contribution in [2.24, 2.45) is 11.3 Å². The van der Waals surface area contributed by atoms with Crippen LogP contribution in [-0.2, 0) is 20.9 Å². The lowest BCUT2D eigenvalue weighted by Crippen LogP contribution is -2.45. The van der Waals surface area contributed by atoms with Gasteiger partial charge in [0, 0.05) is 0 Å². The molecule has 0 bridgehead atoms. The minimum absolute atomic E-state index is 0.000637. The van der Waals surface area contributed by atoms with Gasteiger partial charge in [-0.25, -0.2) is 9.59 Å². The molecule has 0 saturated heterocycles. The maximum absolute atomic E-state index is 11.8. The van der Waals surface area contributed by atoms with E-state index in [1.807, 2.05) is 6.07 Å². The summed E-state index contributed by atoms with van der Waals surface area (Å²) in [5.41, 5.74) is 0.118. The fraction of sp³-hybridized carbons (Fsp3) is 0.471. The minimum Gasteiger partial charge on any atom is -0.481 e. The fourth-order valence-electron chi connectivity index (χ4n) is 2.19. The van der Waals surface area contributed by atoms with E-state index in [1.54, 1.807) is 45.0 Å². The van der Waals surface area contributed by atoms with Crippen molar-refractivity contribution in [3.8, 4) is 0 Å². The zero-order chi connectivity index (χ0) is 18.3. The molecule has 1 amide bonds. The molecule has 0 spiro atoms. The Kier molecular flexibility index (Phi) is 6.76. The molecule has 7 nitrogen and oxygen atoms in total. The van der Waals surface area contributed by atoms with E-state index in [4.69, 9.17) is 4.74 Å². The molecule has 0 saturated carbocycles. The third-order valence-electron chi connectivity index (χ3n) is 3.62. The van der Waals surface area contributed by atoms with E-state index >= 15 is 0 Å². The number of amides is 1. The van der Waals surface area contributed by atoms with Crippen molar-refractivity contribution in [2.45, 2.75) is 39.8 Å². The van der Waals surface area contributed by atoms with Gasteiger partial charge in [-0.05, 0) is 17.4 Å². The summed E-state index contributed by atoms with van der Waals surface area (Å²) in [5.74, 6) is -3.33. The second kappa shape index (κ2) is 8.33. The highest BCUT2D eigenvalue weighted by molar-refractivity contribution is 5.81. The first kappa shape index (κ1) is 19.5. The number of hydrogen-bond acceptors (Lipinski definition) is 4. The van der Waals surface area contributed by atoms with E-state index in [0.29, 0.717) is 0 Å². The third-order valence-corrected chi connectivity index (χ3v) is 3.62. The molecule has 2 atom stereocenters. The Morgan fingerprint density at radius 2 is 1.67 bits per heavy atom. The first-order valence-corrected chi connectivity index (χ1v) is 7.54. The number of carbonyl (C=O) groups excluding carboxylic acids is 1. The molecule has 0 aromatic heterocycles. The van der Waals surface area contributed by atoms with Crippen LogP contribution in [0.15, 0.2) is 30.3 Å². The normalized spacial score (nSPS) is 13.6. The highest BCUT2D eigenvalue weighted by atomic mass is 16.5. The number of carboxylic acid groups (broad SMARTS) is 2. The number of rotatable bonds is 7. The summed E-state index contributed by atoms with van der Waals surface area (Å²) < 4.78 is 4.98. The van der Waals surface area contributed by atoms with E-state index in [1.165, 1.54) is 0 Å². The quantitative estimate of drug-likeness (QED) is 0.704. The van der Waals surface area contributed by atoms with Crippen LogP contribution in [0.2, 0.25) is 0 Å². The van der Waals surface area contributed by atoms with Crippen molar-refractivity contribution in [3.05, 3.63) is 35.9 Å². The number of carbonyl (C=O) groups is 3. The molecule has 0 radical (unpaired) electrons. The number of carboxylic acids is 2. The first-order chi connectivity index (χ1) is 11.1. The van der Waals surface area contributed by atoms with Gasteiger partial charge in [-0.3, -0.25) is 4.79 Å².